The summed E-state index contributed by atoms with van der Waals surface area (Å²) in [5, 5.41) is 6.02. The number of halogens is 3. The van der Waals surface area contributed by atoms with Crippen LogP contribution in [0.4, 0.5) is 24.9 Å². The average molecular weight is 380 g/mol. The Morgan fingerprint density at radius 2 is 1.89 bits per heavy atom. The molecule has 1 aromatic carbocycles. The lowest BCUT2D eigenvalue weighted by Gasteiger charge is -2.23. The lowest BCUT2D eigenvalue weighted by atomic mass is 9.96. The maximum atomic E-state index is 13.2. The first-order valence-electron chi connectivity index (χ1n) is 9.03. The van der Waals surface area contributed by atoms with Crippen LogP contribution in [0.25, 0.3) is 0 Å². The van der Waals surface area contributed by atoms with E-state index in [0.717, 1.165) is 43.7 Å². The quantitative estimate of drug-likeness (QED) is 0.749. The highest BCUT2D eigenvalue weighted by Gasteiger charge is 2.34. The topological polar surface area (TPSA) is 59.1 Å². The van der Waals surface area contributed by atoms with Crippen LogP contribution in [0.15, 0.2) is 30.3 Å². The third-order valence-corrected chi connectivity index (χ3v) is 4.56. The van der Waals surface area contributed by atoms with E-state index in [-0.39, 0.29) is 17.8 Å². The summed E-state index contributed by atoms with van der Waals surface area (Å²) in [5.74, 6) is 0.843. The fourth-order valence-electron chi connectivity index (χ4n) is 3.15. The predicted octanol–water partition coefficient (Wildman–Crippen LogP) is 4.86. The molecule has 3 rings (SSSR count). The number of benzene rings is 1. The van der Waals surface area contributed by atoms with Crippen molar-refractivity contribution in [2.24, 2.45) is 0 Å². The van der Waals surface area contributed by atoms with Crippen LogP contribution in [0.5, 0.6) is 5.75 Å². The van der Waals surface area contributed by atoms with Crippen molar-refractivity contribution in [1.82, 2.24) is 9.97 Å². The fourth-order valence-corrected chi connectivity index (χ4v) is 3.15. The van der Waals surface area contributed by atoms with Crippen molar-refractivity contribution < 1.29 is 17.9 Å². The summed E-state index contributed by atoms with van der Waals surface area (Å²) in [7, 11) is 1.57. The Labute approximate surface area is 156 Å². The summed E-state index contributed by atoms with van der Waals surface area (Å²) in [6.45, 7) is 0.328. The van der Waals surface area contributed by atoms with Gasteiger partial charge in [-0.2, -0.15) is 18.2 Å². The molecule has 0 saturated heterocycles. The molecule has 0 bridgehead atoms. The van der Waals surface area contributed by atoms with E-state index in [9.17, 15) is 13.2 Å². The molecule has 146 valence electrons. The Morgan fingerprint density at radius 3 is 2.59 bits per heavy atom. The normalized spacial score (nSPS) is 15.4. The SMILES string of the molecule is COc1cccc(CNc2cc(C(F)(F)F)nc(NC3CCCCC3)n2)c1. The second-order valence-electron chi connectivity index (χ2n) is 6.64. The largest absolute Gasteiger partial charge is 0.497 e. The molecule has 2 N–H and O–H groups in total. The van der Waals surface area contributed by atoms with Crippen LogP contribution in [0.3, 0.4) is 0 Å². The van der Waals surface area contributed by atoms with E-state index in [4.69, 9.17) is 4.74 Å². The first-order chi connectivity index (χ1) is 12.9. The van der Waals surface area contributed by atoms with Crippen LogP contribution >= 0.6 is 0 Å². The van der Waals surface area contributed by atoms with Gasteiger partial charge >= 0.3 is 6.18 Å². The molecule has 2 aromatic rings. The van der Waals surface area contributed by atoms with Crippen molar-refractivity contribution in [3.8, 4) is 5.75 Å². The minimum absolute atomic E-state index is 0.0184. The molecule has 1 fully saturated rings. The zero-order chi connectivity index (χ0) is 19.3. The molecule has 27 heavy (non-hydrogen) atoms. The highest BCUT2D eigenvalue weighted by molar-refractivity contribution is 5.44. The number of hydrogen-bond donors (Lipinski definition) is 2. The van der Waals surface area contributed by atoms with Gasteiger partial charge in [0.05, 0.1) is 7.11 Å². The standard InChI is InChI=1S/C19H23F3N4O/c1-27-15-9-5-6-13(10-15)12-23-17-11-16(19(20,21)22)25-18(26-17)24-14-7-3-2-4-8-14/h5-6,9-11,14H,2-4,7-8,12H2,1H3,(H2,23,24,25,26). The molecule has 1 aromatic heterocycles. The molecule has 0 spiro atoms. The molecular weight excluding hydrogens is 357 g/mol. The fraction of sp³-hybridized carbons (Fsp3) is 0.474. The van der Waals surface area contributed by atoms with E-state index < -0.39 is 11.9 Å². The number of alkyl halides is 3. The Bertz CT molecular complexity index is 761. The maximum Gasteiger partial charge on any atom is 0.433 e. The van der Waals surface area contributed by atoms with E-state index in [0.29, 0.717) is 12.3 Å². The van der Waals surface area contributed by atoms with Gasteiger partial charge in [0, 0.05) is 18.7 Å². The lowest BCUT2D eigenvalue weighted by Crippen LogP contribution is -2.24. The summed E-state index contributed by atoms with van der Waals surface area (Å²) < 4.78 is 44.8. The second-order valence-corrected chi connectivity index (χ2v) is 6.64. The van der Waals surface area contributed by atoms with Crippen LogP contribution in [0, 0.1) is 0 Å². The molecule has 1 heterocycles. The average Bonchev–Trinajstić information content (AvgIpc) is 2.66. The molecule has 0 radical (unpaired) electrons. The number of methoxy groups -OCH3 is 1. The van der Waals surface area contributed by atoms with Gasteiger partial charge in [-0.3, -0.25) is 0 Å². The number of anilines is 2. The molecule has 5 nitrogen and oxygen atoms in total. The summed E-state index contributed by atoms with van der Waals surface area (Å²) in [6, 6.07) is 8.37. The highest BCUT2D eigenvalue weighted by atomic mass is 19.4. The van der Waals surface area contributed by atoms with Crippen LogP contribution in [0.2, 0.25) is 0 Å². The van der Waals surface area contributed by atoms with E-state index in [2.05, 4.69) is 20.6 Å². The van der Waals surface area contributed by atoms with Gasteiger partial charge in [0.2, 0.25) is 5.95 Å². The van der Waals surface area contributed by atoms with Gasteiger partial charge < -0.3 is 15.4 Å². The van der Waals surface area contributed by atoms with Crippen molar-refractivity contribution in [2.75, 3.05) is 17.7 Å². The minimum Gasteiger partial charge on any atom is -0.497 e. The summed E-state index contributed by atoms with van der Waals surface area (Å²) in [6.07, 6.45) is 0.612. The molecule has 0 amide bonds. The summed E-state index contributed by atoms with van der Waals surface area (Å²) in [4.78, 5) is 7.91. The first kappa shape index (κ1) is 19.3. The van der Waals surface area contributed by atoms with Gasteiger partial charge in [-0.05, 0) is 30.5 Å². The zero-order valence-corrected chi connectivity index (χ0v) is 15.1. The molecule has 0 aliphatic heterocycles. The molecule has 0 unspecified atom stereocenters. The predicted molar refractivity (Wildman–Crippen MR) is 97.9 cm³/mol. The third-order valence-electron chi connectivity index (χ3n) is 4.56. The van der Waals surface area contributed by atoms with Crippen molar-refractivity contribution in [2.45, 2.75) is 50.9 Å². The highest BCUT2D eigenvalue weighted by Crippen LogP contribution is 2.30. The Kier molecular flexibility index (Phi) is 6.03. The number of rotatable bonds is 6. The van der Waals surface area contributed by atoms with Crippen molar-refractivity contribution in [1.29, 1.82) is 0 Å². The maximum absolute atomic E-state index is 13.2. The van der Waals surface area contributed by atoms with Crippen LogP contribution < -0.4 is 15.4 Å². The molecular formula is C19H23F3N4O. The van der Waals surface area contributed by atoms with Gasteiger partial charge in [-0.25, -0.2) is 4.98 Å². The summed E-state index contributed by atoms with van der Waals surface area (Å²) in [5.41, 5.74) is -0.0766. The number of ether oxygens (including phenoxy) is 1. The molecule has 8 heteroatoms. The Morgan fingerprint density at radius 1 is 1.11 bits per heavy atom. The molecule has 0 atom stereocenters. The first-order valence-corrected chi connectivity index (χ1v) is 9.03. The van der Waals surface area contributed by atoms with Crippen LogP contribution in [-0.2, 0) is 12.7 Å². The van der Waals surface area contributed by atoms with Gasteiger partial charge in [0.15, 0.2) is 5.69 Å². The monoisotopic (exact) mass is 380 g/mol. The Balaban J connectivity index is 1.76. The van der Waals surface area contributed by atoms with Crippen molar-refractivity contribution >= 4 is 11.8 Å². The Hall–Kier alpha value is -2.51. The minimum atomic E-state index is -4.53. The van der Waals surface area contributed by atoms with Crippen molar-refractivity contribution in [3.05, 3.63) is 41.6 Å². The third kappa shape index (κ3) is 5.48. The summed E-state index contributed by atoms with van der Waals surface area (Å²) >= 11 is 0. The number of aromatic nitrogens is 2. The van der Waals surface area contributed by atoms with Gasteiger partial charge in [-0.1, -0.05) is 31.4 Å². The smallest absolute Gasteiger partial charge is 0.433 e. The van der Waals surface area contributed by atoms with Crippen LogP contribution in [0.1, 0.15) is 43.4 Å². The number of nitrogens with zero attached hydrogens (tertiary/aromatic N) is 2. The van der Waals surface area contributed by atoms with E-state index in [1.165, 1.54) is 0 Å². The lowest BCUT2D eigenvalue weighted by molar-refractivity contribution is -0.141. The second kappa shape index (κ2) is 8.45. The molecule has 1 aliphatic carbocycles. The van der Waals surface area contributed by atoms with E-state index in [1.807, 2.05) is 24.3 Å². The van der Waals surface area contributed by atoms with Gasteiger partial charge in [0.1, 0.15) is 11.6 Å². The van der Waals surface area contributed by atoms with Gasteiger partial charge in [0.25, 0.3) is 0 Å². The zero-order valence-electron chi connectivity index (χ0n) is 15.1. The number of hydrogen-bond acceptors (Lipinski definition) is 5. The van der Waals surface area contributed by atoms with Gasteiger partial charge in [-0.15, -0.1) is 0 Å². The van der Waals surface area contributed by atoms with Crippen molar-refractivity contribution in [3.63, 3.8) is 0 Å². The van der Waals surface area contributed by atoms with Crippen LogP contribution in [-0.4, -0.2) is 23.1 Å². The van der Waals surface area contributed by atoms with E-state index >= 15 is 0 Å². The molecule has 1 saturated carbocycles. The molecule has 1 aliphatic rings. The van der Waals surface area contributed by atoms with E-state index in [1.54, 1.807) is 7.11 Å². The number of nitrogens with one attached hydrogen (secondary N) is 2.